The van der Waals surface area contributed by atoms with E-state index in [4.69, 9.17) is 17.3 Å². The van der Waals surface area contributed by atoms with Crippen molar-refractivity contribution in [3.63, 3.8) is 0 Å². The third-order valence-electron chi connectivity index (χ3n) is 2.40. The SMILES string of the molecule is Cc1ccc(SCc2ccncc2Cl)c(N)c1. The van der Waals surface area contributed by atoms with Crippen LogP contribution >= 0.6 is 23.4 Å². The first-order valence-electron chi connectivity index (χ1n) is 5.24. The lowest BCUT2D eigenvalue weighted by atomic mass is 10.2. The van der Waals surface area contributed by atoms with Crippen LogP contribution < -0.4 is 5.73 Å². The van der Waals surface area contributed by atoms with E-state index in [-0.39, 0.29) is 0 Å². The third kappa shape index (κ3) is 3.14. The van der Waals surface area contributed by atoms with Crippen LogP contribution in [0.3, 0.4) is 0 Å². The van der Waals surface area contributed by atoms with Crippen molar-refractivity contribution in [1.29, 1.82) is 0 Å². The van der Waals surface area contributed by atoms with Crippen molar-refractivity contribution < 1.29 is 0 Å². The molecule has 0 fully saturated rings. The van der Waals surface area contributed by atoms with Crippen molar-refractivity contribution >= 4 is 29.1 Å². The molecule has 0 atom stereocenters. The number of nitrogens with zero attached hydrogens (tertiary/aromatic N) is 1. The van der Waals surface area contributed by atoms with E-state index in [1.54, 1.807) is 24.2 Å². The van der Waals surface area contributed by atoms with Gasteiger partial charge in [-0.1, -0.05) is 17.7 Å². The number of halogens is 1. The standard InChI is InChI=1S/C13H13ClN2S/c1-9-2-3-13(12(15)6-9)17-8-10-4-5-16-7-11(10)14/h2-7H,8,15H2,1H3. The number of aromatic nitrogens is 1. The minimum Gasteiger partial charge on any atom is -0.398 e. The van der Waals surface area contributed by atoms with Crippen molar-refractivity contribution in [2.75, 3.05) is 5.73 Å². The molecular formula is C13H13ClN2S. The predicted molar refractivity (Wildman–Crippen MR) is 74.4 cm³/mol. The Morgan fingerprint density at radius 2 is 2.18 bits per heavy atom. The van der Waals surface area contributed by atoms with Gasteiger partial charge in [0.25, 0.3) is 0 Å². The summed E-state index contributed by atoms with van der Waals surface area (Å²) < 4.78 is 0. The van der Waals surface area contributed by atoms with E-state index in [2.05, 4.69) is 11.1 Å². The zero-order valence-corrected chi connectivity index (χ0v) is 11.1. The fourth-order valence-corrected chi connectivity index (χ4v) is 2.69. The second kappa shape index (κ2) is 5.43. The summed E-state index contributed by atoms with van der Waals surface area (Å²) in [6, 6.07) is 8.02. The van der Waals surface area contributed by atoms with Crippen LogP contribution in [0.25, 0.3) is 0 Å². The fraction of sp³-hybridized carbons (Fsp3) is 0.154. The van der Waals surface area contributed by atoms with Gasteiger partial charge < -0.3 is 5.73 Å². The highest BCUT2D eigenvalue weighted by Gasteiger charge is 2.03. The zero-order chi connectivity index (χ0) is 12.3. The van der Waals surface area contributed by atoms with Crippen LogP contribution in [0.15, 0.2) is 41.6 Å². The number of aryl methyl sites for hydroxylation is 1. The lowest BCUT2D eigenvalue weighted by Gasteiger charge is -2.07. The molecule has 0 amide bonds. The van der Waals surface area contributed by atoms with Gasteiger partial charge in [-0.25, -0.2) is 0 Å². The molecule has 0 aliphatic carbocycles. The Bertz CT molecular complexity index is 529. The van der Waals surface area contributed by atoms with Crippen LogP contribution in [-0.4, -0.2) is 4.98 Å². The highest BCUT2D eigenvalue weighted by atomic mass is 35.5. The van der Waals surface area contributed by atoms with Crippen molar-refractivity contribution in [1.82, 2.24) is 4.98 Å². The van der Waals surface area contributed by atoms with Gasteiger partial charge in [0, 0.05) is 28.7 Å². The summed E-state index contributed by atoms with van der Waals surface area (Å²) in [6.07, 6.45) is 3.41. The lowest BCUT2D eigenvalue weighted by Crippen LogP contribution is -1.90. The zero-order valence-electron chi connectivity index (χ0n) is 9.48. The molecule has 0 saturated carbocycles. The normalized spacial score (nSPS) is 10.5. The monoisotopic (exact) mass is 264 g/mol. The van der Waals surface area contributed by atoms with Gasteiger partial charge in [-0.15, -0.1) is 11.8 Å². The first kappa shape index (κ1) is 12.3. The summed E-state index contributed by atoms with van der Waals surface area (Å²) in [7, 11) is 0. The molecule has 1 aromatic heterocycles. The summed E-state index contributed by atoms with van der Waals surface area (Å²) in [4.78, 5) is 5.05. The summed E-state index contributed by atoms with van der Waals surface area (Å²) in [5.41, 5.74) is 9.03. The number of pyridine rings is 1. The quantitative estimate of drug-likeness (QED) is 0.675. The van der Waals surface area contributed by atoms with Gasteiger partial charge in [-0.2, -0.15) is 0 Å². The lowest BCUT2D eigenvalue weighted by molar-refractivity contribution is 1.27. The molecule has 2 rings (SSSR count). The molecule has 0 aliphatic rings. The van der Waals surface area contributed by atoms with E-state index < -0.39 is 0 Å². The Morgan fingerprint density at radius 1 is 1.35 bits per heavy atom. The van der Waals surface area contributed by atoms with Gasteiger partial charge in [0.2, 0.25) is 0 Å². The van der Waals surface area contributed by atoms with E-state index in [0.29, 0.717) is 5.02 Å². The van der Waals surface area contributed by atoms with Crippen molar-refractivity contribution in [3.8, 4) is 0 Å². The Kier molecular flexibility index (Phi) is 3.92. The van der Waals surface area contributed by atoms with Crippen LogP contribution in [-0.2, 0) is 5.75 Å². The third-order valence-corrected chi connectivity index (χ3v) is 3.88. The molecule has 0 aliphatic heterocycles. The molecule has 1 heterocycles. The molecule has 2 N–H and O–H groups in total. The van der Waals surface area contributed by atoms with Crippen molar-refractivity contribution in [2.45, 2.75) is 17.6 Å². The molecule has 2 aromatic rings. The number of nitrogen functional groups attached to an aromatic ring is 1. The first-order chi connectivity index (χ1) is 8.16. The van der Waals surface area contributed by atoms with Gasteiger partial charge in [0.05, 0.1) is 5.02 Å². The summed E-state index contributed by atoms with van der Waals surface area (Å²) in [5, 5.41) is 0.700. The second-order valence-electron chi connectivity index (χ2n) is 3.80. The summed E-state index contributed by atoms with van der Waals surface area (Å²) in [6.45, 7) is 2.03. The number of anilines is 1. The topological polar surface area (TPSA) is 38.9 Å². The van der Waals surface area contributed by atoms with Gasteiger partial charge in [-0.05, 0) is 36.2 Å². The van der Waals surface area contributed by atoms with Crippen LogP contribution in [0.1, 0.15) is 11.1 Å². The Labute approximate surface area is 110 Å². The van der Waals surface area contributed by atoms with Gasteiger partial charge in [-0.3, -0.25) is 4.98 Å². The Balaban J connectivity index is 2.10. The molecule has 1 aromatic carbocycles. The average Bonchev–Trinajstić information content (AvgIpc) is 2.30. The number of benzene rings is 1. The summed E-state index contributed by atoms with van der Waals surface area (Å²) >= 11 is 7.73. The number of rotatable bonds is 3. The molecule has 88 valence electrons. The highest BCUT2D eigenvalue weighted by Crippen LogP contribution is 2.30. The van der Waals surface area contributed by atoms with Crippen LogP contribution in [0, 0.1) is 6.92 Å². The maximum Gasteiger partial charge on any atom is 0.0629 e. The molecule has 0 unspecified atom stereocenters. The minimum absolute atomic E-state index is 0.700. The van der Waals surface area contributed by atoms with Crippen molar-refractivity contribution in [2.24, 2.45) is 0 Å². The number of hydrogen-bond donors (Lipinski definition) is 1. The average molecular weight is 265 g/mol. The summed E-state index contributed by atoms with van der Waals surface area (Å²) in [5.74, 6) is 0.800. The van der Waals surface area contributed by atoms with Gasteiger partial charge in [0.1, 0.15) is 0 Å². The Hall–Kier alpha value is -1.19. The maximum atomic E-state index is 6.05. The van der Waals surface area contributed by atoms with Crippen LogP contribution in [0.4, 0.5) is 5.69 Å². The van der Waals surface area contributed by atoms with E-state index in [9.17, 15) is 0 Å². The van der Waals surface area contributed by atoms with Gasteiger partial charge in [0.15, 0.2) is 0 Å². The van der Waals surface area contributed by atoms with Crippen LogP contribution in [0.5, 0.6) is 0 Å². The highest BCUT2D eigenvalue weighted by molar-refractivity contribution is 7.98. The predicted octanol–water partition coefficient (Wildman–Crippen LogP) is 3.92. The number of nitrogens with two attached hydrogens (primary N) is 1. The van der Waals surface area contributed by atoms with E-state index in [1.165, 1.54) is 5.56 Å². The van der Waals surface area contributed by atoms with E-state index >= 15 is 0 Å². The first-order valence-corrected chi connectivity index (χ1v) is 6.60. The van der Waals surface area contributed by atoms with Gasteiger partial charge >= 0.3 is 0 Å². The fourth-order valence-electron chi connectivity index (χ4n) is 1.48. The smallest absolute Gasteiger partial charge is 0.0629 e. The molecule has 2 nitrogen and oxygen atoms in total. The molecule has 0 saturated heterocycles. The molecule has 0 radical (unpaired) electrons. The number of hydrogen-bond acceptors (Lipinski definition) is 3. The van der Waals surface area contributed by atoms with Crippen molar-refractivity contribution in [3.05, 3.63) is 52.8 Å². The maximum absolute atomic E-state index is 6.05. The molecular weight excluding hydrogens is 252 g/mol. The minimum atomic E-state index is 0.700. The van der Waals surface area contributed by atoms with E-state index in [0.717, 1.165) is 21.9 Å². The molecule has 0 spiro atoms. The van der Waals surface area contributed by atoms with Crippen LogP contribution in [0.2, 0.25) is 5.02 Å². The molecule has 0 bridgehead atoms. The molecule has 4 heteroatoms. The largest absolute Gasteiger partial charge is 0.398 e. The second-order valence-corrected chi connectivity index (χ2v) is 5.22. The number of thioether (sulfide) groups is 1. The van der Waals surface area contributed by atoms with E-state index in [1.807, 2.05) is 25.1 Å². The Morgan fingerprint density at radius 3 is 2.88 bits per heavy atom. The molecule has 17 heavy (non-hydrogen) atoms.